The standard InChI is InChI=1S/C15H19ClN4O3/c1-3-14(22)20-6-4-19(5-7-20)10-13(21)18-11-8-12(16)15(23-2)17-9-11/h3,8-9H,1,4-7,10H2,2H3,(H,18,21). The van der Waals surface area contributed by atoms with Gasteiger partial charge in [0.25, 0.3) is 0 Å². The van der Waals surface area contributed by atoms with Crippen LogP contribution in [-0.2, 0) is 9.59 Å². The number of rotatable bonds is 5. The molecule has 0 radical (unpaired) electrons. The van der Waals surface area contributed by atoms with Crippen molar-refractivity contribution in [1.82, 2.24) is 14.8 Å². The number of carbonyl (C=O) groups is 2. The molecule has 0 aromatic carbocycles. The summed E-state index contributed by atoms with van der Waals surface area (Å²) >= 11 is 5.97. The molecule has 1 aromatic rings. The fraction of sp³-hybridized carbons (Fsp3) is 0.400. The van der Waals surface area contributed by atoms with Crippen LogP contribution in [0, 0.1) is 0 Å². The average molecular weight is 339 g/mol. The second-order valence-corrected chi connectivity index (χ2v) is 5.48. The number of hydrogen-bond acceptors (Lipinski definition) is 5. The van der Waals surface area contributed by atoms with Crippen LogP contribution in [0.4, 0.5) is 5.69 Å². The summed E-state index contributed by atoms with van der Waals surface area (Å²) in [4.78, 5) is 31.3. The molecule has 0 bridgehead atoms. The molecular weight excluding hydrogens is 320 g/mol. The van der Waals surface area contributed by atoms with Crippen molar-refractivity contribution in [3.63, 3.8) is 0 Å². The Morgan fingerprint density at radius 2 is 2.13 bits per heavy atom. The van der Waals surface area contributed by atoms with Crippen molar-refractivity contribution in [3.05, 3.63) is 29.9 Å². The van der Waals surface area contributed by atoms with Crippen LogP contribution in [0.1, 0.15) is 0 Å². The third-order valence-corrected chi connectivity index (χ3v) is 3.78. The van der Waals surface area contributed by atoms with Gasteiger partial charge in [-0.3, -0.25) is 14.5 Å². The number of hydrogen-bond donors (Lipinski definition) is 1. The van der Waals surface area contributed by atoms with Gasteiger partial charge >= 0.3 is 0 Å². The van der Waals surface area contributed by atoms with Crippen LogP contribution < -0.4 is 10.1 Å². The Morgan fingerprint density at radius 1 is 1.43 bits per heavy atom. The summed E-state index contributed by atoms with van der Waals surface area (Å²) in [5.74, 6) is 0.0808. The van der Waals surface area contributed by atoms with Gasteiger partial charge in [-0.05, 0) is 12.1 Å². The van der Waals surface area contributed by atoms with E-state index in [2.05, 4.69) is 16.9 Å². The second-order valence-electron chi connectivity index (χ2n) is 5.07. The Kier molecular flexibility index (Phi) is 5.95. The number of anilines is 1. The summed E-state index contributed by atoms with van der Waals surface area (Å²) in [5, 5.41) is 3.08. The Bertz CT molecular complexity index is 600. The van der Waals surface area contributed by atoms with Crippen LogP contribution >= 0.6 is 11.6 Å². The third kappa shape index (κ3) is 4.67. The first-order valence-corrected chi connectivity index (χ1v) is 7.54. The summed E-state index contributed by atoms with van der Waals surface area (Å²) < 4.78 is 4.96. The van der Waals surface area contributed by atoms with Crippen LogP contribution in [-0.4, -0.2) is 66.4 Å². The van der Waals surface area contributed by atoms with E-state index in [4.69, 9.17) is 16.3 Å². The zero-order valence-corrected chi connectivity index (χ0v) is 13.7. The molecule has 0 saturated carbocycles. The van der Waals surface area contributed by atoms with Gasteiger partial charge in [-0.2, -0.15) is 0 Å². The average Bonchev–Trinajstić information content (AvgIpc) is 2.55. The van der Waals surface area contributed by atoms with Crippen molar-refractivity contribution in [2.45, 2.75) is 0 Å². The molecule has 0 unspecified atom stereocenters. The molecule has 124 valence electrons. The van der Waals surface area contributed by atoms with Gasteiger partial charge in [0.05, 0.1) is 25.5 Å². The first-order valence-electron chi connectivity index (χ1n) is 7.16. The van der Waals surface area contributed by atoms with E-state index in [9.17, 15) is 9.59 Å². The number of ether oxygens (including phenoxy) is 1. The van der Waals surface area contributed by atoms with E-state index >= 15 is 0 Å². The van der Waals surface area contributed by atoms with E-state index in [0.717, 1.165) is 0 Å². The van der Waals surface area contributed by atoms with Gasteiger partial charge in [-0.15, -0.1) is 0 Å². The molecule has 1 aliphatic rings. The van der Waals surface area contributed by atoms with Crippen molar-refractivity contribution in [1.29, 1.82) is 0 Å². The molecule has 8 heteroatoms. The monoisotopic (exact) mass is 338 g/mol. The molecule has 0 aliphatic carbocycles. The zero-order valence-electron chi connectivity index (χ0n) is 12.9. The molecule has 2 heterocycles. The number of carbonyl (C=O) groups excluding carboxylic acids is 2. The zero-order chi connectivity index (χ0) is 16.8. The summed E-state index contributed by atoms with van der Waals surface area (Å²) in [6.07, 6.45) is 2.80. The molecule has 23 heavy (non-hydrogen) atoms. The molecule has 7 nitrogen and oxygen atoms in total. The first kappa shape index (κ1) is 17.2. The topological polar surface area (TPSA) is 74.8 Å². The number of halogens is 1. The summed E-state index contributed by atoms with van der Waals surface area (Å²) in [5.41, 5.74) is 0.515. The largest absolute Gasteiger partial charge is 0.480 e. The molecule has 0 atom stereocenters. The maximum Gasteiger partial charge on any atom is 0.246 e. The van der Waals surface area contributed by atoms with Gasteiger partial charge in [0.1, 0.15) is 5.02 Å². The molecular formula is C15H19ClN4O3. The maximum atomic E-state index is 12.1. The molecule has 2 rings (SSSR count). The predicted octanol–water partition coefficient (Wildman–Crippen LogP) is 1.01. The minimum Gasteiger partial charge on any atom is -0.480 e. The molecule has 1 fully saturated rings. The quantitative estimate of drug-likeness (QED) is 0.811. The summed E-state index contributed by atoms with van der Waals surface area (Å²) in [6.45, 7) is 6.20. The van der Waals surface area contributed by atoms with Gasteiger partial charge in [0.2, 0.25) is 17.7 Å². The highest BCUT2D eigenvalue weighted by atomic mass is 35.5. The molecule has 1 aliphatic heterocycles. The highest BCUT2D eigenvalue weighted by Crippen LogP contribution is 2.24. The van der Waals surface area contributed by atoms with Gasteiger partial charge in [-0.25, -0.2) is 4.98 Å². The lowest BCUT2D eigenvalue weighted by molar-refractivity contribution is -0.128. The van der Waals surface area contributed by atoms with Crippen molar-refractivity contribution >= 4 is 29.1 Å². The lowest BCUT2D eigenvalue weighted by Gasteiger charge is -2.33. The molecule has 1 saturated heterocycles. The second kappa shape index (κ2) is 7.94. The van der Waals surface area contributed by atoms with Crippen LogP contribution in [0.5, 0.6) is 5.88 Å². The number of pyridine rings is 1. The van der Waals surface area contributed by atoms with Crippen molar-refractivity contribution < 1.29 is 14.3 Å². The third-order valence-electron chi connectivity index (χ3n) is 3.51. The Hall–Kier alpha value is -2.12. The number of piperazine rings is 1. The van der Waals surface area contributed by atoms with E-state index in [0.29, 0.717) is 42.8 Å². The fourth-order valence-corrected chi connectivity index (χ4v) is 2.55. The van der Waals surface area contributed by atoms with Gasteiger partial charge in [0, 0.05) is 26.2 Å². The SMILES string of the molecule is C=CC(=O)N1CCN(CC(=O)Nc2cnc(OC)c(Cl)c2)CC1. The van der Waals surface area contributed by atoms with Gasteiger partial charge < -0.3 is 15.0 Å². The Balaban J connectivity index is 1.83. The molecule has 2 amide bonds. The molecule has 1 aromatic heterocycles. The van der Waals surface area contributed by atoms with E-state index in [-0.39, 0.29) is 18.4 Å². The number of methoxy groups -OCH3 is 1. The molecule has 0 spiro atoms. The van der Waals surface area contributed by atoms with Crippen LogP contribution in [0.25, 0.3) is 0 Å². The summed E-state index contributed by atoms with van der Waals surface area (Å²) in [7, 11) is 1.48. The summed E-state index contributed by atoms with van der Waals surface area (Å²) in [6, 6.07) is 1.59. The predicted molar refractivity (Wildman–Crippen MR) is 87.6 cm³/mol. The number of nitrogens with zero attached hydrogens (tertiary/aromatic N) is 3. The van der Waals surface area contributed by atoms with Gasteiger partial charge in [-0.1, -0.05) is 18.2 Å². The Morgan fingerprint density at radius 3 is 2.70 bits per heavy atom. The van der Waals surface area contributed by atoms with Crippen LogP contribution in [0.3, 0.4) is 0 Å². The Labute approximate surface area is 139 Å². The fourth-order valence-electron chi connectivity index (χ4n) is 2.30. The van der Waals surface area contributed by atoms with E-state index < -0.39 is 0 Å². The highest BCUT2D eigenvalue weighted by molar-refractivity contribution is 6.32. The number of nitrogens with one attached hydrogen (secondary N) is 1. The normalized spacial score (nSPS) is 15.1. The van der Waals surface area contributed by atoms with E-state index in [1.807, 2.05) is 4.90 Å². The minimum atomic E-state index is -0.156. The first-order chi connectivity index (χ1) is 11.0. The van der Waals surface area contributed by atoms with Crippen molar-refractivity contribution in [2.75, 3.05) is 45.2 Å². The van der Waals surface area contributed by atoms with E-state index in [1.165, 1.54) is 19.4 Å². The molecule has 1 N–H and O–H groups in total. The minimum absolute atomic E-state index is 0.0759. The number of amides is 2. The van der Waals surface area contributed by atoms with Crippen LogP contribution in [0.2, 0.25) is 5.02 Å². The van der Waals surface area contributed by atoms with Crippen LogP contribution in [0.15, 0.2) is 24.9 Å². The highest BCUT2D eigenvalue weighted by Gasteiger charge is 2.21. The smallest absolute Gasteiger partial charge is 0.246 e. The maximum absolute atomic E-state index is 12.1. The van der Waals surface area contributed by atoms with E-state index in [1.54, 1.807) is 11.0 Å². The van der Waals surface area contributed by atoms with Crippen molar-refractivity contribution in [2.24, 2.45) is 0 Å². The number of aromatic nitrogens is 1. The van der Waals surface area contributed by atoms with Gasteiger partial charge in [0.15, 0.2) is 0 Å². The lowest BCUT2D eigenvalue weighted by atomic mass is 10.3. The van der Waals surface area contributed by atoms with Crippen molar-refractivity contribution in [3.8, 4) is 5.88 Å². The lowest BCUT2D eigenvalue weighted by Crippen LogP contribution is -2.50.